The Labute approximate surface area is 272 Å². The van der Waals surface area contributed by atoms with Crippen LogP contribution in [0.4, 0.5) is 0 Å². The van der Waals surface area contributed by atoms with Gasteiger partial charge in [0.15, 0.2) is 6.10 Å². The molecule has 0 saturated carbocycles. The molecule has 2 rings (SSSR count). The third-order valence-corrected chi connectivity index (χ3v) is 6.75. The number of rotatable bonds is 21. The Morgan fingerprint density at radius 1 is 0.578 bits per heavy atom. The molecule has 0 aliphatic heterocycles. The van der Waals surface area contributed by atoms with Gasteiger partial charge >= 0.3 is 17.9 Å². The van der Waals surface area contributed by atoms with Crippen LogP contribution in [0.3, 0.4) is 0 Å². The highest BCUT2D eigenvalue weighted by atomic mass is 35.5. The van der Waals surface area contributed by atoms with E-state index < -0.39 is 12.2 Å². The first-order chi connectivity index (χ1) is 21.4. The van der Waals surface area contributed by atoms with Gasteiger partial charge in [-0.05, 0) is 77.7 Å². The van der Waals surface area contributed by atoms with E-state index in [1.165, 1.54) is 0 Å². The summed E-state index contributed by atoms with van der Waals surface area (Å²) in [6.45, 7) is 1.82. The molecule has 45 heavy (non-hydrogen) atoms. The van der Waals surface area contributed by atoms with Crippen LogP contribution in [0.15, 0.2) is 48.5 Å². The van der Waals surface area contributed by atoms with Gasteiger partial charge in [-0.3, -0.25) is 14.4 Å². The van der Waals surface area contributed by atoms with E-state index in [4.69, 9.17) is 35.3 Å². The maximum atomic E-state index is 12.3. The molecule has 0 N–H and O–H groups in total. The quantitative estimate of drug-likeness (QED) is 0.113. The molecule has 2 aromatic rings. The van der Waals surface area contributed by atoms with Crippen molar-refractivity contribution in [2.24, 2.45) is 0 Å². The molecule has 0 aromatic heterocycles. The normalized spacial score (nSPS) is 12.6. The molecular weight excluding hydrogens is 602 g/mol. The summed E-state index contributed by atoms with van der Waals surface area (Å²) in [6, 6.07) is 15.0. The molecular formula is C33H48ClN3O8. The molecule has 0 amide bonds. The molecule has 11 nitrogen and oxygen atoms in total. The van der Waals surface area contributed by atoms with E-state index >= 15 is 0 Å². The van der Waals surface area contributed by atoms with Crippen LogP contribution in [0.5, 0.6) is 11.5 Å². The minimum absolute atomic E-state index is 0.0360. The van der Waals surface area contributed by atoms with E-state index in [0.29, 0.717) is 31.1 Å². The first-order valence-corrected chi connectivity index (χ1v) is 15.5. The molecule has 2 unspecified atom stereocenters. The summed E-state index contributed by atoms with van der Waals surface area (Å²) in [5.41, 5.74) is 1.93. The van der Waals surface area contributed by atoms with Crippen molar-refractivity contribution in [2.75, 3.05) is 87.6 Å². The molecule has 250 valence electrons. The van der Waals surface area contributed by atoms with Crippen LogP contribution in [0, 0.1) is 0 Å². The lowest BCUT2D eigenvalue weighted by molar-refractivity contribution is -0.161. The van der Waals surface area contributed by atoms with Crippen LogP contribution in [0.1, 0.15) is 19.3 Å². The molecule has 0 bridgehead atoms. The van der Waals surface area contributed by atoms with Crippen LogP contribution in [0.25, 0.3) is 11.1 Å². The zero-order valence-electron chi connectivity index (χ0n) is 27.3. The number of alkyl halides is 1. The topological polar surface area (TPSA) is 107 Å². The predicted octanol–water partition coefficient (Wildman–Crippen LogP) is 3.57. The molecule has 2 atom stereocenters. The fraction of sp³-hybridized carbons (Fsp3) is 0.545. The lowest BCUT2D eigenvalue weighted by Crippen LogP contribution is -2.32. The second-order valence-electron chi connectivity index (χ2n) is 11.4. The van der Waals surface area contributed by atoms with Crippen LogP contribution < -0.4 is 9.47 Å². The van der Waals surface area contributed by atoms with Crippen LogP contribution in [0.2, 0.25) is 0 Å². The fourth-order valence-electron chi connectivity index (χ4n) is 3.78. The van der Waals surface area contributed by atoms with Crippen molar-refractivity contribution in [1.29, 1.82) is 0 Å². The van der Waals surface area contributed by atoms with Gasteiger partial charge in [-0.25, -0.2) is 0 Å². The highest BCUT2D eigenvalue weighted by Crippen LogP contribution is 2.25. The van der Waals surface area contributed by atoms with Gasteiger partial charge in [0.25, 0.3) is 0 Å². The molecule has 12 heteroatoms. The molecule has 0 aliphatic rings. The van der Waals surface area contributed by atoms with Crippen molar-refractivity contribution in [3.8, 4) is 22.6 Å². The maximum absolute atomic E-state index is 12.3. The summed E-state index contributed by atoms with van der Waals surface area (Å²) in [7, 11) is 11.3. The molecule has 0 fully saturated rings. The van der Waals surface area contributed by atoms with Gasteiger partial charge in [-0.1, -0.05) is 24.3 Å². The average molecular weight is 650 g/mol. The lowest BCUT2D eigenvalue weighted by Gasteiger charge is -2.20. The van der Waals surface area contributed by atoms with Crippen LogP contribution in [-0.2, 0) is 28.6 Å². The second-order valence-corrected chi connectivity index (χ2v) is 11.7. The summed E-state index contributed by atoms with van der Waals surface area (Å²) in [5.74, 6) is 0.296. The zero-order chi connectivity index (χ0) is 33.2. The van der Waals surface area contributed by atoms with Gasteiger partial charge in [0.05, 0.1) is 25.1 Å². The second kappa shape index (κ2) is 20.6. The van der Waals surface area contributed by atoms with Crippen molar-refractivity contribution < 1.29 is 38.1 Å². The summed E-state index contributed by atoms with van der Waals surface area (Å²) in [5, 5.41) is 0. The van der Waals surface area contributed by atoms with Crippen molar-refractivity contribution in [3.63, 3.8) is 0 Å². The number of ether oxygens (including phenoxy) is 5. The summed E-state index contributed by atoms with van der Waals surface area (Å²) < 4.78 is 28.0. The van der Waals surface area contributed by atoms with Gasteiger partial charge in [0.2, 0.25) is 0 Å². The van der Waals surface area contributed by atoms with E-state index in [-0.39, 0.29) is 62.9 Å². The van der Waals surface area contributed by atoms with Gasteiger partial charge < -0.3 is 38.4 Å². The van der Waals surface area contributed by atoms with E-state index in [0.717, 1.165) is 11.1 Å². The predicted molar refractivity (Wildman–Crippen MR) is 174 cm³/mol. The number of halogens is 1. The monoisotopic (exact) mass is 649 g/mol. The molecule has 2 aromatic carbocycles. The Hall–Kier alpha value is -3.38. The number of carbonyl (C=O) groups excluding carboxylic acids is 3. The highest BCUT2D eigenvalue weighted by molar-refractivity contribution is 6.18. The minimum atomic E-state index is -0.741. The van der Waals surface area contributed by atoms with Gasteiger partial charge in [-0.2, -0.15) is 0 Å². The Kier molecular flexibility index (Phi) is 17.3. The first kappa shape index (κ1) is 37.8. The number of hydrogen-bond acceptors (Lipinski definition) is 11. The van der Waals surface area contributed by atoms with Gasteiger partial charge in [0.1, 0.15) is 37.4 Å². The summed E-state index contributed by atoms with van der Waals surface area (Å²) in [6.07, 6.45) is -0.532. The lowest BCUT2D eigenvalue weighted by atomic mass is 10.1. The van der Waals surface area contributed by atoms with Crippen LogP contribution in [-0.4, -0.2) is 132 Å². The molecule has 0 spiro atoms. The standard InChI is InChI=1S/C33H48ClN3O8/c1-35(2)18-15-31(38)43-24-30(45-33(40)17-20-37(5)6)23-42-28-13-9-26(10-14-28)25-7-11-27(12-8-25)41-22-29(21-34)44-32(39)16-19-36(3)4/h7-14,29-30H,15-24H2,1-6H3. The van der Waals surface area contributed by atoms with Gasteiger partial charge in [-0.15, -0.1) is 11.6 Å². The Bertz CT molecular complexity index is 1160. The number of hydrogen-bond donors (Lipinski definition) is 0. The molecule has 0 aliphatic carbocycles. The zero-order valence-corrected chi connectivity index (χ0v) is 28.1. The molecule has 0 heterocycles. The van der Waals surface area contributed by atoms with Crippen LogP contribution >= 0.6 is 11.6 Å². The maximum Gasteiger partial charge on any atom is 0.307 e. The van der Waals surface area contributed by atoms with Crippen molar-refractivity contribution in [2.45, 2.75) is 31.5 Å². The first-order valence-electron chi connectivity index (χ1n) is 15.0. The largest absolute Gasteiger partial charge is 0.490 e. The Balaban J connectivity index is 1.91. The van der Waals surface area contributed by atoms with Crippen molar-refractivity contribution in [1.82, 2.24) is 14.7 Å². The minimum Gasteiger partial charge on any atom is -0.490 e. The van der Waals surface area contributed by atoms with E-state index in [1.807, 2.05) is 106 Å². The van der Waals surface area contributed by atoms with Crippen molar-refractivity contribution in [3.05, 3.63) is 48.5 Å². The van der Waals surface area contributed by atoms with E-state index in [1.54, 1.807) is 0 Å². The highest BCUT2D eigenvalue weighted by Gasteiger charge is 2.19. The summed E-state index contributed by atoms with van der Waals surface area (Å²) >= 11 is 5.97. The molecule has 0 saturated heterocycles. The summed E-state index contributed by atoms with van der Waals surface area (Å²) in [4.78, 5) is 42.1. The molecule has 0 radical (unpaired) electrons. The third-order valence-electron chi connectivity index (χ3n) is 6.40. The SMILES string of the molecule is CN(C)CCC(=O)OCC(COc1ccc(-c2ccc(OCC(CCl)OC(=O)CCN(C)C)cc2)cc1)OC(=O)CCN(C)C. The Morgan fingerprint density at radius 2 is 0.956 bits per heavy atom. The van der Waals surface area contributed by atoms with Gasteiger partial charge in [0, 0.05) is 19.6 Å². The fourth-order valence-corrected chi connectivity index (χ4v) is 3.94. The number of benzene rings is 2. The van der Waals surface area contributed by atoms with E-state index in [2.05, 4.69) is 0 Å². The van der Waals surface area contributed by atoms with Crippen molar-refractivity contribution >= 4 is 29.5 Å². The number of carbonyl (C=O) groups is 3. The smallest absolute Gasteiger partial charge is 0.307 e. The number of esters is 3. The van der Waals surface area contributed by atoms with E-state index in [9.17, 15) is 14.4 Å². The third kappa shape index (κ3) is 16.5. The average Bonchev–Trinajstić information content (AvgIpc) is 3.01. The number of nitrogens with zero attached hydrogens (tertiary/aromatic N) is 3. The Morgan fingerprint density at radius 3 is 1.36 bits per heavy atom.